The molecule has 0 aliphatic carbocycles. The number of nitro groups is 1. The third-order valence-electron chi connectivity index (χ3n) is 4.58. The van der Waals surface area contributed by atoms with Gasteiger partial charge in [0.25, 0.3) is 11.6 Å². The summed E-state index contributed by atoms with van der Waals surface area (Å²) in [5.41, 5.74) is 1.19. The average Bonchev–Trinajstić information content (AvgIpc) is 2.67. The molecule has 1 fully saturated rings. The van der Waals surface area contributed by atoms with Gasteiger partial charge in [0.1, 0.15) is 5.69 Å². The van der Waals surface area contributed by atoms with Crippen LogP contribution in [-0.2, 0) is 4.79 Å². The molecule has 1 aliphatic rings. The highest BCUT2D eigenvalue weighted by Gasteiger charge is 2.25. The van der Waals surface area contributed by atoms with E-state index in [9.17, 15) is 19.7 Å². The van der Waals surface area contributed by atoms with E-state index >= 15 is 0 Å². The van der Waals surface area contributed by atoms with Crippen LogP contribution in [0, 0.1) is 13.7 Å². The lowest BCUT2D eigenvalue weighted by Crippen LogP contribution is -2.48. The first-order chi connectivity index (χ1) is 13.3. The molecule has 0 saturated carbocycles. The summed E-state index contributed by atoms with van der Waals surface area (Å²) < 4.78 is 0.974. The fraction of sp³-hybridized carbons (Fsp3) is 0.263. The summed E-state index contributed by atoms with van der Waals surface area (Å²) in [7, 11) is 0. The molecule has 1 N–H and O–H groups in total. The summed E-state index contributed by atoms with van der Waals surface area (Å²) in [6, 6.07) is 11.8. The average molecular weight is 494 g/mol. The van der Waals surface area contributed by atoms with Crippen LogP contribution in [0.4, 0.5) is 17.1 Å². The molecule has 0 unspecified atom stereocenters. The molecule has 3 rings (SSSR count). The van der Waals surface area contributed by atoms with Gasteiger partial charge >= 0.3 is 0 Å². The van der Waals surface area contributed by atoms with Crippen LogP contribution >= 0.6 is 22.6 Å². The van der Waals surface area contributed by atoms with Crippen molar-refractivity contribution in [2.45, 2.75) is 6.92 Å². The second-order valence-corrected chi connectivity index (χ2v) is 7.66. The number of halogens is 1. The van der Waals surface area contributed by atoms with Crippen molar-refractivity contribution in [3.8, 4) is 0 Å². The Morgan fingerprint density at radius 2 is 1.82 bits per heavy atom. The van der Waals surface area contributed by atoms with Gasteiger partial charge in [-0.15, -0.1) is 0 Å². The van der Waals surface area contributed by atoms with Crippen molar-refractivity contribution in [1.82, 2.24) is 4.90 Å². The molecule has 2 amide bonds. The van der Waals surface area contributed by atoms with Gasteiger partial charge < -0.3 is 15.1 Å². The Labute approximate surface area is 175 Å². The second kappa shape index (κ2) is 8.55. The van der Waals surface area contributed by atoms with Gasteiger partial charge in [-0.05, 0) is 52.9 Å². The summed E-state index contributed by atoms with van der Waals surface area (Å²) >= 11 is 2.14. The summed E-state index contributed by atoms with van der Waals surface area (Å²) in [5, 5.41) is 14.4. The molecule has 1 heterocycles. The van der Waals surface area contributed by atoms with E-state index in [1.807, 2.05) is 23.1 Å². The van der Waals surface area contributed by atoms with Crippen LogP contribution in [0.15, 0.2) is 42.5 Å². The zero-order valence-corrected chi connectivity index (χ0v) is 17.4. The summed E-state index contributed by atoms with van der Waals surface area (Å²) in [6.07, 6.45) is 0. The number of carbonyl (C=O) groups is 2. The van der Waals surface area contributed by atoms with Gasteiger partial charge in [0.05, 0.1) is 4.92 Å². The van der Waals surface area contributed by atoms with Crippen molar-refractivity contribution in [3.63, 3.8) is 0 Å². The Balaban J connectivity index is 1.80. The largest absolute Gasteiger partial charge is 0.362 e. The molecule has 0 atom stereocenters. The number of nitrogens with zero attached hydrogens (tertiary/aromatic N) is 3. The molecule has 1 saturated heterocycles. The summed E-state index contributed by atoms with van der Waals surface area (Å²) in [6.45, 7) is 3.56. The first kappa shape index (κ1) is 20.1. The van der Waals surface area contributed by atoms with Gasteiger partial charge in [-0.25, -0.2) is 0 Å². The fourth-order valence-corrected chi connectivity index (χ4v) is 3.65. The number of nitrogens with one attached hydrogen (secondary N) is 1. The van der Waals surface area contributed by atoms with E-state index < -0.39 is 10.8 Å². The van der Waals surface area contributed by atoms with E-state index in [0.29, 0.717) is 37.6 Å². The van der Waals surface area contributed by atoms with Gasteiger partial charge in [0.15, 0.2) is 0 Å². The van der Waals surface area contributed by atoms with E-state index in [-0.39, 0.29) is 17.2 Å². The van der Waals surface area contributed by atoms with Crippen LogP contribution in [0.5, 0.6) is 0 Å². The predicted molar refractivity (Wildman–Crippen MR) is 115 cm³/mol. The number of nitro benzene ring substituents is 1. The van der Waals surface area contributed by atoms with Gasteiger partial charge in [-0.2, -0.15) is 0 Å². The molecule has 0 bridgehead atoms. The van der Waals surface area contributed by atoms with Crippen molar-refractivity contribution >= 4 is 51.5 Å². The minimum atomic E-state index is -0.477. The number of rotatable bonds is 4. The highest BCUT2D eigenvalue weighted by atomic mass is 127. The fourth-order valence-electron chi connectivity index (χ4n) is 3.11. The van der Waals surface area contributed by atoms with Crippen LogP contribution in [0.3, 0.4) is 0 Å². The first-order valence-corrected chi connectivity index (χ1v) is 9.79. The van der Waals surface area contributed by atoms with Gasteiger partial charge in [-0.3, -0.25) is 19.7 Å². The Kier molecular flexibility index (Phi) is 6.12. The van der Waals surface area contributed by atoms with Crippen molar-refractivity contribution in [2.24, 2.45) is 0 Å². The first-order valence-electron chi connectivity index (χ1n) is 8.71. The number of hydrogen-bond donors (Lipinski definition) is 1. The molecule has 0 radical (unpaired) electrons. The highest BCUT2D eigenvalue weighted by molar-refractivity contribution is 14.1. The third kappa shape index (κ3) is 4.58. The van der Waals surface area contributed by atoms with Crippen LogP contribution in [0.1, 0.15) is 17.3 Å². The number of amides is 2. The number of hydrogen-bond acceptors (Lipinski definition) is 5. The van der Waals surface area contributed by atoms with E-state index in [4.69, 9.17) is 0 Å². The van der Waals surface area contributed by atoms with Gasteiger partial charge in [0, 0.05) is 54.0 Å². The lowest BCUT2D eigenvalue weighted by molar-refractivity contribution is -0.384. The summed E-state index contributed by atoms with van der Waals surface area (Å²) in [4.78, 5) is 38.7. The molecule has 2 aromatic rings. The van der Waals surface area contributed by atoms with Crippen LogP contribution in [0.25, 0.3) is 0 Å². The second-order valence-electron chi connectivity index (χ2n) is 6.42. The minimum absolute atomic E-state index is 0.00302. The zero-order chi connectivity index (χ0) is 20.3. The molecule has 0 aromatic heterocycles. The maximum absolute atomic E-state index is 12.5. The van der Waals surface area contributed by atoms with Gasteiger partial charge in [-0.1, -0.05) is 6.07 Å². The topological polar surface area (TPSA) is 95.8 Å². The van der Waals surface area contributed by atoms with Crippen molar-refractivity contribution in [3.05, 3.63) is 61.7 Å². The van der Waals surface area contributed by atoms with Crippen LogP contribution in [0.2, 0.25) is 0 Å². The Morgan fingerprint density at radius 3 is 2.43 bits per heavy atom. The number of carbonyl (C=O) groups excluding carboxylic acids is 2. The molecule has 146 valence electrons. The van der Waals surface area contributed by atoms with E-state index in [2.05, 4.69) is 27.9 Å². The monoisotopic (exact) mass is 494 g/mol. The van der Waals surface area contributed by atoms with Crippen molar-refractivity contribution in [1.29, 1.82) is 0 Å². The SMILES string of the molecule is CC(=O)N1CCN(c2ccc(C(=O)Nc3cccc(I)c3)cc2[N+](=O)[O-])CC1. The quantitative estimate of drug-likeness (QED) is 0.401. The normalized spacial score (nSPS) is 13.9. The Bertz CT molecular complexity index is 926. The molecule has 2 aromatic carbocycles. The summed E-state index contributed by atoms with van der Waals surface area (Å²) in [5.74, 6) is -0.408. The van der Waals surface area contributed by atoms with E-state index in [1.54, 1.807) is 23.1 Å². The number of piperazine rings is 1. The lowest BCUT2D eigenvalue weighted by Gasteiger charge is -2.35. The molecular weight excluding hydrogens is 475 g/mol. The molecule has 1 aliphatic heterocycles. The standard InChI is InChI=1S/C19H19IN4O4/c1-13(25)22-7-9-23(10-8-22)17-6-5-14(11-18(17)24(27)28)19(26)21-16-4-2-3-15(20)12-16/h2-6,11-12H,7-10H2,1H3,(H,21,26). The maximum Gasteiger partial charge on any atom is 0.293 e. The smallest absolute Gasteiger partial charge is 0.293 e. The lowest BCUT2D eigenvalue weighted by atomic mass is 10.1. The minimum Gasteiger partial charge on any atom is -0.362 e. The predicted octanol–water partition coefficient (Wildman–Crippen LogP) is 3.12. The maximum atomic E-state index is 12.5. The van der Waals surface area contributed by atoms with Crippen molar-refractivity contribution in [2.75, 3.05) is 36.4 Å². The van der Waals surface area contributed by atoms with Crippen LogP contribution < -0.4 is 10.2 Å². The molecule has 9 heteroatoms. The molecule has 0 spiro atoms. The Morgan fingerprint density at radius 1 is 1.11 bits per heavy atom. The molecular formula is C19H19IN4O4. The number of benzene rings is 2. The highest BCUT2D eigenvalue weighted by Crippen LogP contribution is 2.30. The van der Waals surface area contributed by atoms with E-state index in [0.717, 1.165) is 3.57 Å². The Hall–Kier alpha value is -2.69. The van der Waals surface area contributed by atoms with Crippen LogP contribution in [-0.4, -0.2) is 47.8 Å². The third-order valence-corrected chi connectivity index (χ3v) is 5.25. The van der Waals surface area contributed by atoms with E-state index in [1.165, 1.54) is 13.0 Å². The zero-order valence-electron chi connectivity index (χ0n) is 15.2. The number of anilines is 2. The van der Waals surface area contributed by atoms with Gasteiger partial charge in [0.2, 0.25) is 5.91 Å². The molecule has 28 heavy (non-hydrogen) atoms. The molecule has 8 nitrogen and oxygen atoms in total. The van der Waals surface area contributed by atoms with Crippen molar-refractivity contribution < 1.29 is 14.5 Å².